The highest BCUT2D eigenvalue weighted by atomic mass is 35.5. The van der Waals surface area contributed by atoms with Crippen molar-refractivity contribution in [1.82, 2.24) is 5.32 Å². The molecule has 0 unspecified atom stereocenters. The van der Waals surface area contributed by atoms with E-state index in [4.69, 9.17) is 27.9 Å². The molecule has 0 saturated carbocycles. The lowest BCUT2D eigenvalue weighted by Gasteiger charge is -2.23. The van der Waals surface area contributed by atoms with Crippen molar-refractivity contribution in [2.24, 2.45) is 0 Å². The second-order valence-electron chi connectivity index (χ2n) is 4.82. The summed E-state index contributed by atoms with van der Waals surface area (Å²) in [4.78, 5) is 13.6. The van der Waals surface area contributed by atoms with Crippen LogP contribution in [0.5, 0.6) is 0 Å². The molecule has 0 atom stereocenters. The first kappa shape index (κ1) is 15.6. The van der Waals surface area contributed by atoms with Gasteiger partial charge in [0.1, 0.15) is 13.1 Å². The summed E-state index contributed by atoms with van der Waals surface area (Å²) in [6, 6.07) is 5.06. The number of amides is 1. The van der Waals surface area contributed by atoms with E-state index in [2.05, 4.69) is 5.32 Å². The maximum Gasteiger partial charge on any atom is 0.254 e. The Morgan fingerprint density at radius 3 is 2.55 bits per heavy atom. The van der Waals surface area contributed by atoms with E-state index in [0.29, 0.717) is 22.2 Å². The Morgan fingerprint density at radius 2 is 1.90 bits per heavy atom. The number of quaternary nitrogens is 1. The van der Waals surface area contributed by atoms with Gasteiger partial charge in [-0.15, -0.1) is 0 Å². The number of ether oxygens (including phenoxy) is 1. The average molecular weight is 318 g/mol. The third kappa shape index (κ3) is 4.35. The maximum atomic E-state index is 12.0. The largest absolute Gasteiger partial charge is 0.370 e. The summed E-state index contributed by atoms with van der Waals surface area (Å²) in [5.74, 6) is -0.211. The van der Waals surface area contributed by atoms with Crippen molar-refractivity contribution in [3.8, 4) is 0 Å². The summed E-state index contributed by atoms with van der Waals surface area (Å²) < 4.78 is 5.31. The molecule has 1 amide bonds. The molecule has 2 N–H and O–H groups in total. The number of hydrogen-bond donors (Lipinski definition) is 2. The van der Waals surface area contributed by atoms with E-state index in [0.717, 1.165) is 39.3 Å². The van der Waals surface area contributed by atoms with E-state index in [-0.39, 0.29) is 5.91 Å². The third-order valence-corrected chi connectivity index (χ3v) is 4.01. The maximum absolute atomic E-state index is 12.0. The molecule has 0 aliphatic carbocycles. The van der Waals surface area contributed by atoms with E-state index in [9.17, 15) is 4.79 Å². The number of carbonyl (C=O) groups excluding carboxylic acids is 1. The zero-order chi connectivity index (χ0) is 14.4. The molecular formula is C14H19Cl2N2O2+. The van der Waals surface area contributed by atoms with Gasteiger partial charge in [-0.25, -0.2) is 0 Å². The van der Waals surface area contributed by atoms with E-state index < -0.39 is 0 Å². The Kier molecular flexibility index (Phi) is 6.10. The van der Waals surface area contributed by atoms with Gasteiger partial charge in [0.25, 0.3) is 5.91 Å². The quantitative estimate of drug-likeness (QED) is 0.797. The molecule has 0 aromatic heterocycles. The Labute approximate surface area is 129 Å². The van der Waals surface area contributed by atoms with Gasteiger partial charge < -0.3 is 15.0 Å². The lowest BCUT2D eigenvalue weighted by Crippen LogP contribution is -3.14. The molecule has 4 nitrogen and oxygen atoms in total. The van der Waals surface area contributed by atoms with Crippen LogP contribution in [0.2, 0.25) is 10.0 Å². The Morgan fingerprint density at radius 1 is 1.25 bits per heavy atom. The molecule has 1 fully saturated rings. The molecule has 0 radical (unpaired) electrons. The zero-order valence-electron chi connectivity index (χ0n) is 11.3. The summed E-state index contributed by atoms with van der Waals surface area (Å²) in [7, 11) is 0. The topological polar surface area (TPSA) is 42.8 Å². The van der Waals surface area contributed by atoms with Crippen molar-refractivity contribution in [1.29, 1.82) is 0 Å². The van der Waals surface area contributed by atoms with Crippen molar-refractivity contribution < 1.29 is 14.4 Å². The number of carbonyl (C=O) groups is 1. The molecule has 2 rings (SSSR count). The number of rotatable bonds is 5. The molecule has 6 heteroatoms. The molecule has 1 saturated heterocycles. The molecule has 1 aliphatic heterocycles. The van der Waals surface area contributed by atoms with Gasteiger partial charge in [-0.2, -0.15) is 0 Å². The van der Waals surface area contributed by atoms with Crippen LogP contribution in [0.4, 0.5) is 0 Å². The van der Waals surface area contributed by atoms with Gasteiger partial charge in [0, 0.05) is 13.0 Å². The molecule has 1 aliphatic rings. The SMILES string of the molecule is O=C(NCCC[NH+]1CCOCC1)c1c(Cl)cccc1Cl. The number of halogens is 2. The molecule has 1 aromatic carbocycles. The fraction of sp³-hybridized carbons (Fsp3) is 0.500. The Hall–Kier alpha value is -0.810. The highest BCUT2D eigenvalue weighted by molar-refractivity contribution is 6.39. The van der Waals surface area contributed by atoms with Crippen molar-refractivity contribution in [3.63, 3.8) is 0 Å². The van der Waals surface area contributed by atoms with Crippen LogP contribution in [0.15, 0.2) is 18.2 Å². The van der Waals surface area contributed by atoms with E-state index in [1.165, 1.54) is 4.90 Å². The second-order valence-corrected chi connectivity index (χ2v) is 5.63. The zero-order valence-corrected chi connectivity index (χ0v) is 12.8. The molecular weight excluding hydrogens is 299 g/mol. The van der Waals surface area contributed by atoms with Gasteiger partial charge in [0.05, 0.1) is 35.4 Å². The van der Waals surface area contributed by atoms with Crippen LogP contribution >= 0.6 is 23.2 Å². The van der Waals surface area contributed by atoms with Crippen molar-refractivity contribution in [2.75, 3.05) is 39.4 Å². The van der Waals surface area contributed by atoms with Gasteiger partial charge in [-0.05, 0) is 12.1 Å². The number of morpholine rings is 1. The summed E-state index contributed by atoms with van der Waals surface area (Å²) in [6.45, 7) is 5.42. The highest BCUT2D eigenvalue weighted by Crippen LogP contribution is 2.23. The minimum absolute atomic E-state index is 0.211. The lowest BCUT2D eigenvalue weighted by atomic mass is 10.2. The van der Waals surface area contributed by atoms with Crippen LogP contribution in [0.1, 0.15) is 16.8 Å². The third-order valence-electron chi connectivity index (χ3n) is 3.38. The molecule has 20 heavy (non-hydrogen) atoms. The number of hydrogen-bond acceptors (Lipinski definition) is 2. The number of nitrogens with one attached hydrogen (secondary N) is 2. The smallest absolute Gasteiger partial charge is 0.254 e. The number of benzene rings is 1. The monoisotopic (exact) mass is 317 g/mol. The van der Waals surface area contributed by atoms with Crippen LogP contribution in [0.3, 0.4) is 0 Å². The second kappa shape index (κ2) is 7.84. The van der Waals surface area contributed by atoms with Gasteiger partial charge in [0.2, 0.25) is 0 Å². The van der Waals surface area contributed by atoms with Crippen molar-refractivity contribution in [2.45, 2.75) is 6.42 Å². The van der Waals surface area contributed by atoms with E-state index >= 15 is 0 Å². The molecule has 1 heterocycles. The first-order valence-corrected chi connectivity index (χ1v) is 7.57. The van der Waals surface area contributed by atoms with Crippen LogP contribution in [0, 0.1) is 0 Å². The molecule has 0 bridgehead atoms. The highest BCUT2D eigenvalue weighted by Gasteiger charge is 2.15. The van der Waals surface area contributed by atoms with Gasteiger partial charge in [-0.3, -0.25) is 4.79 Å². The summed E-state index contributed by atoms with van der Waals surface area (Å²) in [5.41, 5.74) is 0.356. The summed E-state index contributed by atoms with van der Waals surface area (Å²) in [5, 5.41) is 3.63. The van der Waals surface area contributed by atoms with Crippen LogP contribution in [-0.4, -0.2) is 45.3 Å². The Balaban J connectivity index is 1.75. The predicted octanol–water partition coefficient (Wildman–Crippen LogP) is 1.03. The minimum atomic E-state index is -0.211. The Bertz CT molecular complexity index is 442. The van der Waals surface area contributed by atoms with E-state index in [1.54, 1.807) is 18.2 Å². The van der Waals surface area contributed by atoms with Gasteiger partial charge in [-0.1, -0.05) is 29.3 Å². The van der Waals surface area contributed by atoms with Crippen LogP contribution in [-0.2, 0) is 4.74 Å². The van der Waals surface area contributed by atoms with Crippen LogP contribution in [0.25, 0.3) is 0 Å². The summed E-state index contributed by atoms with van der Waals surface area (Å²) in [6.07, 6.45) is 0.934. The normalized spacial score (nSPS) is 16.1. The van der Waals surface area contributed by atoms with Crippen molar-refractivity contribution in [3.05, 3.63) is 33.8 Å². The minimum Gasteiger partial charge on any atom is -0.370 e. The van der Waals surface area contributed by atoms with Crippen LogP contribution < -0.4 is 10.2 Å². The molecule has 110 valence electrons. The lowest BCUT2D eigenvalue weighted by molar-refractivity contribution is -0.908. The first-order valence-electron chi connectivity index (χ1n) is 6.82. The fourth-order valence-corrected chi connectivity index (χ4v) is 2.82. The average Bonchev–Trinajstić information content (AvgIpc) is 2.44. The van der Waals surface area contributed by atoms with Gasteiger partial charge in [0.15, 0.2) is 0 Å². The molecule has 0 spiro atoms. The standard InChI is InChI=1S/C14H18Cl2N2O2/c15-11-3-1-4-12(16)13(11)14(19)17-5-2-6-18-7-9-20-10-8-18/h1,3-4H,2,5-10H2,(H,17,19)/p+1. The fourth-order valence-electron chi connectivity index (χ4n) is 2.25. The predicted molar refractivity (Wildman–Crippen MR) is 79.8 cm³/mol. The van der Waals surface area contributed by atoms with Gasteiger partial charge >= 0.3 is 0 Å². The molecule has 1 aromatic rings. The van der Waals surface area contributed by atoms with E-state index in [1.807, 2.05) is 0 Å². The summed E-state index contributed by atoms with van der Waals surface area (Å²) >= 11 is 12.0. The first-order chi connectivity index (χ1) is 9.68. The van der Waals surface area contributed by atoms with Crippen molar-refractivity contribution >= 4 is 29.1 Å².